The summed E-state index contributed by atoms with van der Waals surface area (Å²) in [5.74, 6) is -2.88. The second kappa shape index (κ2) is 4.88. The zero-order valence-electron chi connectivity index (χ0n) is 9.84. The Balaban J connectivity index is 2.35. The van der Waals surface area contributed by atoms with E-state index in [1.54, 1.807) is 31.2 Å². The van der Waals surface area contributed by atoms with E-state index in [4.69, 9.17) is 10.00 Å². The van der Waals surface area contributed by atoms with Crippen molar-refractivity contribution >= 4 is 17.6 Å². The molecule has 0 saturated carbocycles. The normalized spacial score (nSPS) is 18.4. The number of anilines is 1. The molecular weight excluding hydrogens is 232 g/mol. The van der Waals surface area contributed by atoms with Gasteiger partial charge >= 0.3 is 5.97 Å². The molecule has 0 radical (unpaired) electrons. The Morgan fingerprint density at radius 1 is 1.56 bits per heavy atom. The minimum atomic E-state index is -1.10. The number of carbonyl (C=O) groups excluding carboxylic acids is 2. The fraction of sp³-hybridized carbons (Fsp3) is 0.308. The Hall–Kier alpha value is -2.35. The zero-order chi connectivity index (χ0) is 13.1. The Bertz CT molecular complexity index is 533. The van der Waals surface area contributed by atoms with Gasteiger partial charge in [0.2, 0.25) is 5.91 Å². The van der Waals surface area contributed by atoms with Crippen LogP contribution in [0.25, 0.3) is 0 Å². The standard InChI is InChI=1S/C13H12N2O3/c1-2-18-13(17)9(7-14)11-8-5-3-4-6-10(8)15-12(11)16/h3-6,9,11H,2H2,1H3,(H,15,16)/t9-,11-/m1/s1. The summed E-state index contributed by atoms with van der Waals surface area (Å²) < 4.78 is 4.83. The van der Waals surface area contributed by atoms with E-state index in [0.717, 1.165) is 0 Å². The average molecular weight is 244 g/mol. The van der Waals surface area contributed by atoms with Crippen LogP contribution < -0.4 is 5.32 Å². The van der Waals surface area contributed by atoms with Gasteiger partial charge in [0.15, 0.2) is 5.92 Å². The number of carbonyl (C=O) groups is 2. The van der Waals surface area contributed by atoms with Crippen LogP contribution in [0, 0.1) is 17.2 Å². The molecule has 1 aliphatic rings. The van der Waals surface area contributed by atoms with Crippen molar-refractivity contribution in [3.8, 4) is 6.07 Å². The average Bonchev–Trinajstić information content (AvgIpc) is 2.68. The summed E-state index contributed by atoms with van der Waals surface area (Å²) in [5.41, 5.74) is 1.32. The smallest absolute Gasteiger partial charge is 0.324 e. The van der Waals surface area contributed by atoms with Gasteiger partial charge in [0.1, 0.15) is 0 Å². The second-order valence-corrected chi connectivity index (χ2v) is 3.91. The summed E-state index contributed by atoms with van der Waals surface area (Å²) in [4.78, 5) is 23.6. The number of hydrogen-bond acceptors (Lipinski definition) is 4. The number of fused-ring (bicyclic) bond motifs is 1. The summed E-state index contributed by atoms with van der Waals surface area (Å²) >= 11 is 0. The van der Waals surface area contributed by atoms with Crippen LogP contribution in [-0.2, 0) is 14.3 Å². The highest BCUT2D eigenvalue weighted by atomic mass is 16.5. The van der Waals surface area contributed by atoms with Crippen LogP contribution in [0.3, 0.4) is 0 Å². The van der Waals surface area contributed by atoms with Crippen LogP contribution in [0.1, 0.15) is 18.4 Å². The molecule has 0 spiro atoms. The molecule has 92 valence electrons. The number of hydrogen-bond donors (Lipinski definition) is 1. The van der Waals surface area contributed by atoms with Gasteiger partial charge in [-0.15, -0.1) is 0 Å². The molecule has 1 aliphatic heterocycles. The number of esters is 1. The topological polar surface area (TPSA) is 79.2 Å². The van der Waals surface area contributed by atoms with Crippen molar-refractivity contribution in [3.63, 3.8) is 0 Å². The molecule has 0 fully saturated rings. The number of rotatable bonds is 3. The highest BCUT2D eigenvalue weighted by molar-refractivity contribution is 6.05. The first-order chi connectivity index (χ1) is 8.69. The number of amides is 1. The first-order valence-electron chi connectivity index (χ1n) is 5.65. The number of benzene rings is 1. The van der Waals surface area contributed by atoms with Gasteiger partial charge in [0.25, 0.3) is 0 Å². The lowest BCUT2D eigenvalue weighted by Crippen LogP contribution is -2.27. The number of nitrogens with one attached hydrogen (secondary N) is 1. The monoisotopic (exact) mass is 244 g/mol. The molecule has 5 heteroatoms. The molecular formula is C13H12N2O3. The lowest BCUT2D eigenvalue weighted by Gasteiger charge is -2.13. The fourth-order valence-corrected chi connectivity index (χ4v) is 2.06. The SMILES string of the molecule is CCOC(=O)[C@H](C#N)[C@@H]1C(=O)Nc2ccccc21. The highest BCUT2D eigenvalue weighted by Crippen LogP contribution is 2.37. The van der Waals surface area contributed by atoms with Crippen molar-refractivity contribution in [2.24, 2.45) is 5.92 Å². The molecule has 0 unspecified atom stereocenters. The van der Waals surface area contributed by atoms with Crippen LogP contribution in [0.2, 0.25) is 0 Å². The van der Waals surface area contributed by atoms with Gasteiger partial charge in [0, 0.05) is 5.69 Å². The van der Waals surface area contributed by atoms with Crippen molar-refractivity contribution in [1.29, 1.82) is 5.26 Å². The van der Waals surface area contributed by atoms with Gasteiger partial charge in [0.05, 0.1) is 18.6 Å². The van der Waals surface area contributed by atoms with E-state index >= 15 is 0 Å². The molecule has 0 saturated heterocycles. The first-order valence-corrected chi connectivity index (χ1v) is 5.65. The minimum absolute atomic E-state index is 0.187. The van der Waals surface area contributed by atoms with E-state index in [1.807, 2.05) is 6.07 Å². The van der Waals surface area contributed by atoms with Crippen molar-refractivity contribution in [3.05, 3.63) is 29.8 Å². The summed E-state index contributed by atoms with van der Waals surface area (Å²) in [7, 11) is 0. The van der Waals surface area contributed by atoms with Crippen molar-refractivity contribution in [2.75, 3.05) is 11.9 Å². The first kappa shape index (κ1) is 12.1. The van der Waals surface area contributed by atoms with Gasteiger partial charge < -0.3 is 10.1 Å². The van der Waals surface area contributed by atoms with Crippen molar-refractivity contribution in [1.82, 2.24) is 0 Å². The van der Waals surface area contributed by atoms with Crippen molar-refractivity contribution in [2.45, 2.75) is 12.8 Å². The maximum absolute atomic E-state index is 11.9. The lowest BCUT2D eigenvalue weighted by molar-refractivity contribution is -0.147. The molecule has 0 aromatic heterocycles. The van der Waals surface area contributed by atoms with Crippen LogP contribution in [-0.4, -0.2) is 18.5 Å². The molecule has 1 amide bonds. The summed E-state index contributed by atoms with van der Waals surface area (Å²) in [6.45, 7) is 1.85. The number of ether oxygens (including phenoxy) is 1. The minimum Gasteiger partial charge on any atom is -0.465 e. The molecule has 1 aromatic carbocycles. The Kier molecular flexibility index (Phi) is 3.28. The second-order valence-electron chi connectivity index (χ2n) is 3.91. The Morgan fingerprint density at radius 2 is 2.28 bits per heavy atom. The van der Waals surface area contributed by atoms with E-state index in [0.29, 0.717) is 11.3 Å². The number of nitriles is 1. The van der Waals surface area contributed by atoms with Gasteiger partial charge in [-0.2, -0.15) is 5.26 Å². The highest BCUT2D eigenvalue weighted by Gasteiger charge is 2.41. The Labute approximate surface area is 104 Å². The molecule has 5 nitrogen and oxygen atoms in total. The third kappa shape index (κ3) is 1.93. The number of nitrogens with zero attached hydrogens (tertiary/aromatic N) is 1. The molecule has 18 heavy (non-hydrogen) atoms. The third-order valence-electron chi connectivity index (χ3n) is 2.85. The van der Waals surface area contributed by atoms with E-state index in [-0.39, 0.29) is 12.5 Å². The predicted octanol–water partition coefficient (Wildman–Crippen LogP) is 1.43. The zero-order valence-corrected chi connectivity index (χ0v) is 9.84. The predicted molar refractivity (Wildman–Crippen MR) is 63.5 cm³/mol. The van der Waals surface area contributed by atoms with Gasteiger partial charge in [-0.25, -0.2) is 0 Å². The summed E-state index contributed by atoms with van der Waals surface area (Å²) in [5, 5.41) is 11.8. The molecule has 2 atom stereocenters. The maximum Gasteiger partial charge on any atom is 0.324 e. The molecule has 1 aromatic rings. The third-order valence-corrected chi connectivity index (χ3v) is 2.85. The molecule has 0 bridgehead atoms. The Morgan fingerprint density at radius 3 is 2.94 bits per heavy atom. The summed E-state index contributed by atoms with van der Waals surface area (Å²) in [6.07, 6.45) is 0. The van der Waals surface area contributed by atoms with E-state index in [2.05, 4.69) is 5.32 Å². The number of para-hydroxylation sites is 1. The maximum atomic E-state index is 11.9. The van der Waals surface area contributed by atoms with Gasteiger partial charge in [-0.3, -0.25) is 9.59 Å². The molecule has 1 heterocycles. The van der Waals surface area contributed by atoms with Gasteiger partial charge in [-0.05, 0) is 18.6 Å². The van der Waals surface area contributed by atoms with E-state index < -0.39 is 17.8 Å². The molecule has 2 rings (SSSR count). The molecule has 1 N–H and O–H groups in total. The van der Waals surface area contributed by atoms with Crippen LogP contribution in [0.5, 0.6) is 0 Å². The van der Waals surface area contributed by atoms with Crippen LogP contribution >= 0.6 is 0 Å². The summed E-state index contributed by atoms with van der Waals surface area (Å²) in [6, 6.07) is 8.90. The lowest BCUT2D eigenvalue weighted by atomic mass is 9.88. The largest absolute Gasteiger partial charge is 0.465 e. The van der Waals surface area contributed by atoms with Crippen LogP contribution in [0.15, 0.2) is 24.3 Å². The molecule has 0 aliphatic carbocycles. The fourth-order valence-electron chi connectivity index (χ4n) is 2.06. The van der Waals surface area contributed by atoms with Crippen LogP contribution in [0.4, 0.5) is 5.69 Å². The van der Waals surface area contributed by atoms with Crippen molar-refractivity contribution < 1.29 is 14.3 Å². The van der Waals surface area contributed by atoms with E-state index in [9.17, 15) is 9.59 Å². The quantitative estimate of drug-likeness (QED) is 0.815. The van der Waals surface area contributed by atoms with Gasteiger partial charge in [-0.1, -0.05) is 18.2 Å². The van der Waals surface area contributed by atoms with E-state index in [1.165, 1.54) is 0 Å².